The van der Waals surface area contributed by atoms with Gasteiger partial charge in [0, 0.05) is 6.42 Å². The summed E-state index contributed by atoms with van der Waals surface area (Å²) in [5, 5.41) is 10.8. The average Bonchev–Trinajstić information content (AvgIpc) is 2.59. The second-order valence-electron chi connectivity index (χ2n) is 3.36. The minimum Gasteiger partial charge on any atom is -0.496 e. The molecule has 0 heterocycles. The molecular formula is C10H9NO4. The minimum atomic E-state index is -0.537. The van der Waals surface area contributed by atoms with Crippen LogP contribution in [0.15, 0.2) is 12.1 Å². The number of nitro groups is 1. The first-order valence-electron chi connectivity index (χ1n) is 4.52. The summed E-state index contributed by atoms with van der Waals surface area (Å²) < 4.78 is 4.95. The first kappa shape index (κ1) is 9.64. The number of nitrogens with zero attached hydrogens (tertiary/aromatic N) is 1. The van der Waals surface area contributed by atoms with Crippen molar-refractivity contribution in [3.63, 3.8) is 0 Å². The normalized spacial score (nSPS) is 13.8. The van der Waals surface area contributed by atoms with Crippen molar-refractivity contribution in [2.24, 2.45) is 0 Å². The van der Waals surface area contributed by atoms with Gasteiger partial charge in [-0.05, 0) is 18.1 Å². The van der Waals surface area contributed by atoms with Crippen LogP contribution in [0.25, 0.3) is 0 Å². The molecule has 1 aliphatic carbocycles. The highest BCUT2D eigenvalue weighted by Gasteiger charge is 2.29. The predicted octanol–water partition coefficient (Wildman–Crippen LogP) is 1.73. The zero-order chi connectivity index (χ0) is 11.0. The standard InChI is InChI=1S/C10H9NO4/c1-15-7-4-6-2-3-9(12)10(6)8(5-7)11(13)14/h4-5H,2-3H2,1H3. The lowest BCUT2D eigenvalue weighted by Gasteiger charge is -2.03. The Hall–Kier alpha value is -1.91. The molecule has 15 heavy (non-hydrogen) atoms. The molecule has 1 aromatic carbocycles. The van der Waals surface area contributed by atoms with Gasteiger partial charge in [0.1, 0.15) is 5.75 Å². The number of aryl methyl sites for hydroxylation is 1. The monoisotopic (exact) mass is 207 g/mol. The maximum absolute atomic E-state index is 11.4. The molecule has 0 aromatic heterocycles. The van der Waals surface area contributed by atoms with Gasteiger partial charge in [-0.1, -0.05) is 0 Å². The molecule has 2 rings (SSSR count). The molecule has 0 radical (unpaired) electrons. The lowest BCUT2D eigenvalue weighted by molar-refractivity contribution is -0.385. The molecule has 0 saturated carbocycles. The molecule has 0 saturated heterocycles. The van der Waals surface area contributed by atoms with E-state index >= 15 is 0 Å². The van der Waals surface area contributed by atoms with Crippen LogP contribution in [-0.4, -0.2) is 17.8 Å². The van der Waals surface area contributed by atoms with E-state index < -0.39 is 4.92 Å². The Morgan fingerprint density at radius 1 is 1.40 bits per heavy atom. The van der Waals surface area contributed by atoms with Gasteiger partial charge >= 0.3 is 0 Å². The van der Waals surface area contributed by atoms with Gasteiger partial charge in [-0.15, -0.1) is 0 Å². The Morgan fingerprint density at radius 3 is 2.73 bits per heavy atom. The fraction of sp³-hybridized carbons (Fsp3) is 0.300. The lowest BCUT2D eigenvalue weighted by Crippen LogP contribution is -2.00. The van der Waals surface area contributed by atoms with Gasteiger partial charge < -0.3 is 4.74 Å². The average molecular weight is 207 g/mol. The molecule has 0 spiro atoms. The third-order valence-corrected chi connectivity index (χ3v) is 2.51. The Balaban J connectivity index is 2.66. The number of ether oxygens (including phenoxy) is 1. The third kappa shape index (κ3) is 1.45. The molecule has 0 N–H and O–H groups in total. The van der Waals surface area contributed by atoms with E-state index in [0.717, 1.165) is 0 Å². The molecule has 0 aliphatic heterocycles. The number of carbonyl (C=O) groups is 1. The smallest absolute Gasteiger partial charge is 0.284 e. The van der Waals surface area contributed by atoms with Crippen molar-refractivity contribution >= 4 is 11.5 Å². The summed E-state index contributed by atoms with van der Waals surface area (Å²) in [6, 6.07) is 2.98. The van der Waals surface area contributed by atoms with Gasteiger partial charge in [0.15, 0.2) is 5.78 Å². The molecule has 0 amide bonds. The number of methoxy groups -OCH3 is 1. The highest BCUT2D eigenvalue weighted by molar-refractivity contribution is 6.04. The van der Waals surface area contributed by atoms with Crippen molar-refractivity contribution in [2.75, 3.05) is 7.11 Å². The molecule has 1 aliphatic rings. The van der Waals surface area contributed by atoms with Crippen molar-refractivity contribution in [1.82, 2.24) is 0 Å². The number of rotatable bonds is 2. The molecular weight excluding hydrogens is 198 g/mol. The van der Waals surface area contributed by atoms with Crippen LogP contribution in [0, 0.1) is 10.1 Å². The number of ketones is 1. The number of Topliss-reactive ketones (excluding diaryl/α,β-unsaturated/α-hetero) is 1. The number of nitro benzene ring substituents is 1. The topological polar surface area (TPSA) is 69.4 Å². The fourth-order valence-corrected chi connectivity index (χ4v) is 1.81. The van der Waals surface area contributed by atoms with Crippen LogP contribution >= 0.6 is 0 Å². The van der Waals surface area contributed by atoms with Crippen LogP contribution < -0.4 is 4.74 Å². The second-order valence-corrected chi connectivity index (χ2v) is 3.36. The van der Waals surface area contributed by atoms with Crippen LogP contribution in [0.5, 0.6) is 5.75 Å². The number of fused-ring (bicyclic) bond motifs is 1. The van der Waals surface area contributed by atoms with Gasteiger partial charge in [0.25, 0.3) is 5.69 Å². The van der Waals surface area contributed by atoms with E-state index in [2.05, 4.69) is 0 Å². The van der Waals surface area contributed by atoms with Crippen LogP contribution in [0.3, 0.4) is 0 Å². The van der Waals surface area contributed by atoms with E-state index in [1.54, 1.807) is 6.07 Å². The SMILES string of the molecule is COc1cc2c(c([N+](=O)[O-])c1)C(=O)CC2. The Labute approximate surface area is 85.8 Å². The van der Waals surface area contributed by atoms with E-state index in [0.29, 0.717) is 24.2 Å². The van der Waals surface area contributed by atoms with Crippen molar-refractivity contribution in [3.05, 3.63) is 33.4 Å². The molecule has 0 bridgehead atoms. The maximum Gasteiger partial charge on any atom is 0.284 e. The Morgan fingerprint density at radius 2 is 2.13 bits per heavy atom. The third-order valence-electron chi connectivity index (χ3n) is 2.51. The van der Waals surface area contributed by atoms with Crippen LogP contribution in [0.4, 0.5) is 5.69 Å². The van der Waals surface area contributed by atoms with E-state index in [4.69, 9.17) is 4.74 Å². The summed E-state index contributed by atoms with van der Waals surface area (Å²) in [6.45, 7) is 0. The summed E-state index contributed by atoms with van der Waals surface area (Å²) in [7, 11) is 1.45. The van der Waals surface area contributed by atoms with E-state index in [1.165, 1.54) is 13.2 Å². The molecule has 0 atom stereocenters. The zero-order valence-corrected chi connectivity index (χ0v) is 8.15. The van der Waals surface area contributed by atoms with Crippen molar-refractivity contribution in [1.29, 1.82) is 0 Å². The van der Waals surface area contributed by atoms with Gasteiger partial charge in [-0.2, -0.15) is 0 Å². The lowest BCUT2D eigenvalue weighted by atomic mass is 10.1. The first-order chi connectivity index (χ1) is 7.13. The van der Waals surface area contributed by atoms with E-state index in [9.17, 15) is 14.9 Å². The van der Waals surface area contributed by atoms with Crippen molar-refractivity contribution < 1.29 is 14.5 Å². The van der Waals surface area contributed by atoms with Crippen molar-refractivity contribution in [3.8, 4) is 5.75 Å². The summed E-state index contributed by atoms with van der Waals surface area (Å²) >= 11 is 0. The van der Waals surface area contributed by atoms with Gasteiger partial charge in [0.2, 0.25) is 0 Å². The van der Waals surface area contributed by atoms with Crippen LogP contribution in [-0.2, 0) is 6.42 Å². The molecule has 5 nitrogen and oxygen atoms in total. The predicted molar refractivity (Wildman–Crippen MR) is 52.3 cm³/mol. The van der Waals surface area contributed by atoms with Crippen LogP contribution in [0.1, 0.15) is 22.3 Å². The van der Waals surface area contributed by atoms with Crippen LogP contribution in [0.2, 0.25) is 0 Å². The second kappa shape index (κ2) is 3.34. The summed E-state index contributed by atoms with van der Waals surface area (Å²) in [4.78, 5) is 21.7. The molecule has 78 valence electrons. The highest BCUT2D eigenvalue weighted by Crippen LogP contribution is 2.34. The van der Waals surface area contributed by atoms with Gasteiger partial charge in [0.05, 0.1) is 23.7 Å². The van der Waals surface area contributed by atoms with E-state index in [1.807, 2.05) is 0 Å². The largest absolute Gasteiger partial charge is 0.496 e. The van der Waals surface area contributed by atoms with Gasteiger partial charge in [-0.3, -0.25) is 14.9 Å². The Kier molecular flexibility index (Phi) is 2.15. The summed E-state index contributed by atoms with van der Waals surface area (Å²) in [6.07, 6.45) is 0.912. The minimum absolute atomic E-state index is 0.146. The molecule has 5 heteroatoms. The highest BCUT2D eigenvalue weighted by atomic mass is 16.6. The molecule has 0 fully saturated rings. The Bertz CT molecular complexity index is 453. The number of hydrogen-bond donors (Lipinski definition) is 0. The zero-order valence-electron chi connectivity index (χ0n) is 8.15. The van der Waals surface area contributed by atoms with Crippen molar-refractivity contribution in [2.45, 2.75) is 12.8 Å². The molecule has 1 aromatic rings. The maximum atomic E-state index is 11.4. The fourth-order valence-electron chi connectivity index (χ4n) is 1.81. The quantitative estimate of drug-likeness (QED) is 0.547. The van der Waals surface area contributed by atoms with E-state index in [-0.39, 0.29) is 17.0 Å². The first-order valence-corrected chi connectivity index (χ1v) is 4.52. The number of benzene rings is 1. The summed E-state index contributed by atoms with van der Waals surface area (Å²) in [5.41, 5.74) is 0.818. The number of carbonyl (C=O) groups excluding carboxylic acids is 1. The molecule has 0 unspecified atom stereocenters. The summed E-state index contributed by atoms with van der Waals surface area (Å²) in [5.74, 6) is 0.273. The number of hydrogen-bond acceptors (Lipinski definition) is 4. The van der Waals surface area contributed by atoms with Gasteiger partial charge in [-0.25, -0.2) is 0 Å².